The number of hydrogen-bond donors (Lipinski definition) is 2. The summed E-state index contributed by atoms with van der Waals surface area (Å²) in [5.74, 6) is -1.51. The average Bonchev–Trinajstić information content (AvgIpc) is 2.73. The van der Waals surface area contributed by atoms with Crippen LogP contribution in [0.5, 0.6) is 0 Å². The summed E-state index contributed by atoms with van der Waals surface area (Å²) in [6, 6.07) is 9.71. The Labute approximate surface area is 105 Å². The number of rotatable bonds is 5. The van der Waals surface area contributed by atoms with Gasteiger partial charge in [0.15, 0.2) is 0 Å². The summed E-state index contributed by atoms with van der Waals surface area (Å²) in [7, 11) is 0. The summed E-state index contributed by atoms with van der Waals surface area (Å²) in [4.78, 5) is 24.0. The second kappa shape index (κ2) is 5.53. The predicted octanol–water partition coefficient (Wildman–Crippen LogP) is 1.03. The zero-order valence-corrected chi connectivity index (χ0v) is 10.0. The number of anilines is 1. The van der Waals surface area contributed by atoms with Crippen molar-refractivity contribution in [3.8, 4) is 0 Å². The van der Waals surface area contributed by atoms with Crippen molar-refractivity contribution in [1.82, 2.24) is 4.90 Å². The number of nitrogens with zero attached hydrogens (tertiary/aromatic N) is 1. The number of carbonyl (C=O) groups is 2. The van der Waals surface area contributed by atoms with E-state index in [1.54, 1.807) is 4.90 Å². The molecule has 1 aromatic rings. The largest absolute Gasteiger partial charge is 0.481 e. The zero-order chi connectivity index (χ0) is 13.0. The van der Waals surface area contributed by atoms with Gasteiger partial charge >= 0.3 is 5.97 Å². The van der Waals surface area contributed by atoms with Gasteiger partial charge in [-0.2, -0.15) is 0 Å². The molecule has 1 amide bonds. The van der Waals surface area contributed by atoms with E-state index in [1.165, 1.54) is 0 Å². The molecule has 1 aliphatic rings. The third kappa shape index (κ3) is 3.00. The van der Waals surface area contributed by atoms with Crippen LogP contribution in [0.25, 0.3) is 0 Å². The van der Waals surface area contributed by atoms with Gasteiger partial charge in [0, 0.05) is 31.7 Å². The second-order valence-electron chi connectivity index (χ2n) is 4.37. The molecule has 1 fully saturated rings. The number of carboxylic acid groups (broad SMARTS) is 1. The van der Waals surface area contributed by atoms with Crippen molar-refractivity contribution < 1.29 is 14.7 Å². The first kappa shape index (κ1) is 12.4. The van der Waals surface area contributed by atoms with Crippen LogP contribution < -0.4 is 5.32 Å². The summed E-state index contributed by atoms with van der Waals surface area (Å²) in [6.45, 7) is 1.49. The monoisotopic (exact) mass is 248 g/mol. The molecule has 0 unspecified atom stereocenters. The van der Waals surface area contributed by atoms with Crippen molar-refractivity contribution in [2.45, 2.75) is 6.42 Å². The molecule has 2 N–H and O–H groups in total. The molecular weight excluding hydrogens is 232 g/mol. The third-order valence-electron chi connectivity index (χ3n) is 3.05. The van der Waals surface area contributed by atoms with Gasteiger partial charge in [-0.05, 0) is 12.1 Å². The average molecular weight is 248 g/mol. The molecule has 5 nitrogen and oxygen atoms in total. The maximum atomic E-state index is 11.6. The van der Waals surface area contributed by atoms with E-state index < -0.39 is 11.9 Å². The fraction of sp³-hybridized carbons (Fsp3) is 0.385. The normalized spacial score (nSPS) is 19.0. The Hall–Kier alpha value is -2.04. The van der Waals surface area contributed by atoms with Crippen LogP contribution in [0.1, 0.15) is 6.42 Å². The lowest BCUT2D eigenvalue weighted by Crippen LogP contribution is -2.31. The number of para-hydroxylation sites is 1. The molecule has 1 aromatic carbocycles. The van der Waals surface area contributed by atoms with Gasteiger partial charge in [0.25, 0.3) is 0 Å². The Morgan fingerprint density at radius 2 is 2.11 bits per heavy atom. The molecular formula is C13H16N2O3. The number of nitrogens with one attached hydrogen (secondary N) is 1. The molecule has 1 atom stereocenters. The van der Waals surface area contributed by atoms with Gasteiger partial charge in [0.2, 0.25) is 5.91 Å². The van der Waals surface area contributed by atoms with Crippen molar-refractivity contribution in [3.05, 3.63) is 30.3 Å². The standard InChI is InChI=1S/C13H16N2O3/c16-12-8-10(13(17)18)9-15(12)7-6-14-11-4-2-1-3-5-11/h1-5,10,14H,6-9H2,(H,17,18)/t10-/m0/s1. The van der Waals surface area contributed by atoms with E-state index in [4.69, 9.17) is 5.11 Å². The predicted molar refractivity (Wildman–Crippen MR) is 67.3 cm³/mol. The Morgan fingerprint density at radius 3 is 2.72 bits per heavy atom. The van der Waals surface area contributed by atoms with Crippen molar-refractivity contribution in [3.63, 3.8) is 0 Å². The highest BCUT2D eigenvalue weighted by atomic mass is 16.4. The van der Waals surface area contributed by atoms with Crippen molar-refractivity contribution >= 4 is 17.6 Å². The minimum absolute atomic E-state index is 0.0720. The Bertz CT molecular complexity index is 433. The van der Waals surface area contributed by atoms with Gasteiger partial charge in [0.05, 0.1) is 5.92 Å². The van der Waals surface area contributed by atoms with Gasteiger partial charge in [-0.25, -0.2) is 0 Å². The first-order chi connectivity index (χ1) is 8.66. The Balaban J connectivity index is 1.78. The van der Waals surface area contributed by atoms with Crippen molar-refractivity contribution in [2.24, 2.45) is 5.92 Å². The smallest absolute Gasteiger partial charge is 0.308 e. The molecule has 0 spiro atoms. The molecule has 0 radical (unpaired) electrons. The fourth-order valence-electron chi connectivity index (χ4n) is 2.04. The van der Waals surface area contributed by atoms with Crippen LogP contribution in [-0.2, 0) is 9.59 Å². The van der Waals surface area contributed by atoms with Crippen LogP contribution in [0, 0.1) is 5.92 Å². The molecule has 1 saturated heterocycles. The molecule has 0 aliphatic carbocycles. The van der Waals surface area contributed by atoms with E-state index >= 15 is 0 Å². The van der Waals surface area contributed by atoms with Crippen LogP contribution in [0.2, 0.25) is 0 Å². The van der Waals surface area contributed by atoms with Gasteiger partial charge < -0.3 is 15.3 Å². The fourth-order valence-corrected chi connectivity index (χ4v) is 2.04. The van der Waals surface area contributed by atoms with E-state index in [0.29, 0.717) is 19.6 Å². The van der Waals surface area contributed by atoms with E-state index in [-0.39, 0.29) is 12.3 Å². The minimum atomic E-state index is -0.887. The van der Waals surface area contributed by atoms with Gasteiger partial charge in [0.1, 0.15) is 0 Å². The Morgan fingerprint density at radius 1 is 1.39 bits per heavy atom. The van der Waals surface area contributed by atoms with Crippen LogP contribution in [-0.4, -0.2) is 41.5 Å². The molecule has 1 heterocycles. The molecule has 2 rings (SSSR count). The molecule has 18 heavy (non-hydrogen) atoms. The lowest BCUT2D eigenvalue weighted by atomic mass is 10.1. The number of benzene rings is 1. The first-order valence-electron chi connectivity index (χ1n) is 5.96. The van der Waals surface area contributed by atoms with Crippen LogP contribution >= 0.6 is 0 Å². The highest BCUT2D eigenvalue weighted by molar-refractivity contribution is 5.86. The van der Waals surface area contributed by atoms with Crippen LogP contribution in [0.3, 0.4) is 0 Å². The highest BCUT2D eigenvalue weighted by Gasteiger charge is 2.33. The highest BCUT2D eigenvalue weighted by Crippen LogP contribution is 2.17. The van der Waals surface area contributed by atoms with E-state index in [0.717, 1.165) is 5.69 Å². The summed E-state index contributed by atoms with van der Waals surface area (Å²) < 4.78 is 0. The summed E-state index contributed by atoms with van der Waals surface area (Å²) >= 11 is 0. The molecule has 1 aliphatic heterocycles. The lowest BCUT2D eigenvalue weighted by Gasteiger charge is -2.16. The summed E-state index contributed by atoms with van der Waals surface area (Å²) in [6.07, 6.45) is 0.126. The molecule has 5 heteroatoms. The van der Waals surface area contributed by atoms with Gasteiger partial charge in [-0.15, -0.1) is 0 Å². The Kier molecular flexibility index (Phi) is 3.82. The third-order valence-corrected chi connectivity index (χ3v) is 3.05. The van der Waals surface area contributed by atoms with Crippen LogP contribution in [0.15, 0.2) is 30.3 Å². The minimum Gasteiger partial charge on any atom is -0.481 e. The van der Waals surface area contributed by atoms with E-state index in [2.05, 4.69) is 5.32 Å². The number of aliphatic carboxylic acids is 1. The zero-order valence-electron chi connectivity index (χ0n) is 10.0. The maximum Gasteiger partial charge on any atom is 0.308 e. The molecule has 0 aromatic heterocycles. The number of carbonyl (C=O) groups excluding carboxylic acids is 1. The topological polar surface area (TPSA) is 69.6 Å². The number of amides is 1. The summed E-state index contributed by atoms with van der Waals surface area (Å²) in [5.41, 5.74) is 0.999. The van der Waals surface area contributed by atoms with Gasteiger partial charge in [-0.1, -0.05) is 18.2 Å². The first-order valence-corrected chi connectivity index (χ1v) is 5.96. The maximum absolute atomic E-state index is 11.6. The lowest BCUT2D eigenvalue weighted by molar-refractivity contribution is -0.141. The molecule has 96 valence electrons. The number of carboxylic acids is 1. The summed E-state index contributed by atoms with van der Waals surface area (Å²) in [5, 5.41) is 12.1. The van der Waals surface area contributed by atoms with Crippen molar-refractivity contribution in [2.75, 3.05) is 25.0 Å². The SMILES string of the molecule is O=C(O)[C@H]1CC(=O)N(CCNc2ccccc2)C1. The second-order valence-corrected chi connectivity index (χ2v) is 4.37. The number of likely N-dealkylation sites (tertiary alicyclic amines) is 1. The quantitative estimate of drug-likeness (QED) is 0.816. The van der Waals surface area contributed by atoms with Crippen LogP contribution in [0.4, 0.5) is 5.69 Å². The van der Waals surface area contributed by atoms with E-state index in [1.807, 2.05) is 30.3 Å². The number of hydrogen-bond acceptors (Lipinski definition) is 3. The molecule has 0 saturated carbocycles. The van der Waals surface area contributed by atoms with Crippen molar-refractivity contribution in [1.29, 1.82) is 0 Å². The van der Waals surface area contributed by atoms with E-state index in [9.17, 15) is 9.59 Å². The molecule has 0 bridgehead atoms. The van der Waals surface area contributed by atoms with Gasteiger partial charge in [-0.3, -0.25) is 9.59 Å².